The van der Waals surface area contributed by atoms with Crippen molar-refractivity contribution in [3.63, 3.8) is 0 Å². The first kappa shape index (κ1) is 16.8. The van der Waals surface area contributed by atoms with Crippen LogP contribution in [0.1, 0.15) is 28.1 Å². The third-order valence-corrected chi connectivity index (χ3v) is 5.39. The van der Waals surface area contributed by atoms with Crippen LogP contribution in [0, 0.1) is 6.92 Å². The fourth-order valence-corrected chi connectivity index (χ4v) is 4.19. The average Bonchev–Trinajstić information content (AvgIpc) is 3.18. The van der Waals surface area contributed by atoms with Crippen LogP contribution in [0.3, 0.4) is 0 Å². The van der Waals surface area contributed by atoms with Gasteiger partial charge in [0.15, 0.2) is 5.16 Å². The largest absolute Gasteiger partial charge is 0.463 e. The monoisotopic (exact) mass is 364 g/mol. The second-order valence-corrected chi connectivity index (χ2v) is 7.24. The lowest BCUT2D eigenvalue weighted by Crippen LogP contribution is -2.21. The van der Waals surface area contributed by atoms with Crippen molar-refractivity contribution in [3.8, 4) is 0 Å². The number of aryl methyl sites for hydroxylation is 1. The summed E-state index contributed by atoms with van der Waals surface area (Å²) in [7, 11) is 1.31. The Morgan fingerprint density at radius 1 is 1.46 bits per heavy atom. The van der Waals surface area contributed by atoms with E-state index in [0.29, 0.717) is 28.6 Å². The van der Waals surface area contributed by atoms with Gasteiger partial charge in [0.2, 0.25) is 5.76 Å². The van der Waals surface area contributed by atoms with Crippen LogP contribution in [-0.4, -0.2) is 22.6 Å². The Kier molecular flexibility index (Phi) is 4.77. The average molecular weight is 364 g/mol. The molecule has 0 fully saturated rings. The molecule has 0 saturated carbocycles. The molecule has 24 heavy (non-hydrogen) atoms. The van der Waals surface area contributed by atoms with Crippen molar-refractivity contribution in [1.29, 1.82) is 0 Å². The third kappa shape index (κ3) is 3.11. The van der Waals surface area contributed by atoms with Gasteiger partial charge in [-0.15, -0.1) is 11.3 Å². The number of rotatable bonds is 5. The molecule has 6 nitrogen and oxygen atoms in total. The highest BCUT2D eigenvalue weighted by Crippen LogP contribution is 2.26. The fourth-order valence-electron chi connectivity index (χ4n) is 2.31. The number of esters is 1. The summed E-state index contributed by atoms with van der Waals surface area (Å²) in [6, 6.07) is 5.18. The molecule has 3 rings (SSSR count). The Balaban J connectivity index is 1.88. The van der Waals surface area contributed by atoms with Gasteiger partial charge in [-0.05, 0) is 32.0 Å². The summed E-state index contributed by atoms with van der Waals surface area (Å²) in [5.41, 5.74) is -0.0240. The summed E-state index contributed by atoms with van der Waals surface area (Å²) in [5.74, 6) is 0.752. The smallest absolute Gasteiger partial charge is 0.373 e. The molecule has 0 aliphatic rings. The van der Waals surface area contributed by atoms with Gasteiger partial charge in [-0.2, -0.15) is 0 Å². The Morgan fingerprint density at radius 3 is 2.96 bits per heavy atom. The molecular weight excluding hydrogens is 348 g/mol. The SMILES string of the molecule is CCn1c(SCc2ccc(C(=O)OC)o2)nc2sc(C)cc2c1=O. The molecule has 0 aliphatic heterocycles. The lowest BCUT2D eigenvalue weighted by Gasteiger charge is -2.08. The maximum Gasteiger partial charge on any atom is 0.373 e. The molecule has 0 atom stereocenters. The van der Waals surface area contributed by atoms with Crippen LogP contribution in [0.5, 0.6) is 0 Å². The highest BCUT2D eigenvalue weighted by atomic mass is 32.2. The summed E-state index contributed by atoms with van der Waals surface area (Å²) in [6.45, 7) is 4.43. The normalized spacial score (nSPS) is 11.1. The van der Waals surface area contributed by atoms with Crippen molar-refractivity contribution < 1.29 is 13.9 Å². The number of methoxy groups -OCH3 is 1. The number of fused-ring (bicyclic) bond motifs is 1. The minimum atomic E-state index is -0.509. The van der Waals surface area contributed by atoms with Gasteiger partial charge in [-0.1, -0.05) is 11.8 Å². The molecule has 0 unspecified atom stereocenters. The van der Waals surface area contributed by atoms with Crippen LogP contribution in [-0.2, 0) is 17.0 Å². The molecule has 0 radical (unpaired) electrons. The summed E-state index contributed by atoms with van der Waals surface area (Å²) in [5, 5.41) is 1.31. The zero-order valence-electron chi connectivity index (χ0n) is 13.5. The van der Waals surface area contributed by atoms with E-state index < -0.39 is 5.97 Å². The van der Waals surface area contributed by atoms with Gasteiger partial charge >= 0.3 is 5.97 Å². The summed E-state index contributed by atoms with van der Waals surface area (Å²) < 4.78 is 11.7. The number of ether oxygens (including phenoxy) is 1. The zero-order chi connectivity index (χ0) is 17.3. The third-order valence-electron chi connectivity index (χ3n) is 3.45. The van der Waals surface area contributed by atoms with Gasteiger partial charge in [0.1, 0.15) is 10.6 Å². The molecule has 0 amide bonds. The van der Waals surface area contributed by atoms with Crippen molar-refractivity contribution >= 4 is 39.3 Å². The highest BCUT2D eigenvalue weighted by molar-refractivity contribution is 7.98. The van der Waals surface area contributed by atoms with E-state index in [1.165, 1.54) is 30.2 Å². The minimum Gasteiger partial charge on any atom is -0.463 e. The second kappa shape index (κ2) is 6.82. The van der Waals surface area contributed by atoms with Crippen LogP contribution in [0.25, 0.3) is 10.2 Å². The topological polar surface area (TPSA) is 74.3 Å². The second-order valence-electron chi connectivity index (χ2n) is 5.07. The first-order valence-electron chi connectivity index (χ1n) is 7.34. The van der Waals surface area contributed by atoms with Gasteiger partial charge in [-0.25, -0.2) is 9.78 Å². The Morgan fingerprint density at radius 2 is 2.25 bits per heavy atom. The Bertz CT molecular complexity index is 955. The number of hydrogen-bond donors (Lipinski definition) is 0. The molecule has 8 heteroatoms. The number of aromatic nitrogens is 2. The maximum atomic E-state index is 12.6. The van der Waals surface area contributed by atoms with E-state index in [9.17, 15) is 9.59 Å². The summed E-state index contributed by atoms with van der Waals surface area (Å²) in [6.07, 6.45) is 0. The van der Waals surface area contributed by atoms with Gasteiger partial charge < -0.3 is 9.15 Å². The fraction of sp³-hybridized carbons (Fsp3) is 0.312. The summed E-state index contributed by atoms with van der Waals surface area (Å²) >= 11 is 2.92. The maximum absolute atomic E-state index is 12.6. The molecule has 0 spiro atoms. The van der Waals surface area contributed by atoms with Crippen molar-refractivity contribution in [2.75, 3.05) is 7.11 Å². The standard InChI is InChI=1S/C16H16N2O4S2/c1-4-18-14(19)11-7-9(2)24-13(11)17-16(18)23-8-10-5-6-12(22-10)15(20)21-3/h5-7H,4,8H2,1-3H3. The molecule has 126 valence electrons. The molecular formula is C16H16N2O4S2. The first-order valence-corrected chi connectivity index (χ1v) is 9.14. The zero-order valence-corrected chi connectivity index (χ0v) is 15.1. The van der Waals surface area contributed by atoms with Crippen LogP contribution in [0.2, 0.25) is 0 Å². The van der Waals surface area contributed by atoms with Gasteiger partial charge in [0.25, 0.3) is 5.56 Å². The molecule has 3 heterocycles. The van der Waals surface area contributed by atoms with Crippen molar-refractivity contribution in [3.05, 3.63) is 45.0 Å². The molecule has 0 bridgehead atoms. The predicted octanol–water partition coefficient (Wildman–Crippen LogP) is 3.46. The first-order chi connectivity index (χ1) is 11.5. The highest BCUT2D eigenvalue weighted by Gasteiger charge is 2.15. The number of thiophene rings is 1. The molecule has 0 aromatic carbocycles. The predicted molar refractivity (Wildman–Crippen MR) is 93.9 cm³/mol. The number of nitrogens with zero attached hydrogens (tertiary/aromatic N) is 2. The van der Waals surface area contributed by atoms with E-state index in [1.807, 2.05) is 19.9 Å². The minimum absolute atomic E-state index is 0.0240. The Labute approximate surface area is 146 Å². The van der Waals surface area contributed by atoms with Crippen molar-refractivity contribution in [1.82, 2.24) is 9.55 Å². The number of thioether (sulfide) groups is 1. The van der Waals surface area contributed by atoms with E-state index in [1.54, 1.807) is 16.7 Å². The van der Waals surface area contributed by atoms with Gasteiger partial charge in [-0.3, -0.25) is 9.36 Å². The van der Waals surface area contributed by atoms with E-state index in [2.05, 4.69) is 9.72 Å². The molecule has 0 N–H and O–H groups in total. The number of hydrogen-bond acceptors (Lipinski definition) is 7. The van der Waals surface area contributed by atoms with Crippen LogP contribution in [0.4, 0.5) is 0 Å². The lowest BCUT2D eigenvalue weighted by molar-refractivity contribution is 0.0563. The number of furan rings is 1. The summed E-state index contributed by atoms with van der Waals surface area (Å²) in [4.78, 5) is 30.4. The van der Waals surface area contributed by atoms with Crippen LogP contribution < -0.4 is 5.56 Å². The van der Waals surface area contributed by atoms with Crippen molar-refractivity contribution in [2.45, 2.75) is 31.3 Å². The van der Waals surface area contributed by atoms with E-state index in [4.69, 9.17) is 4.42 Å². The van der Waals surface area contributed by atoms with Crippen molar-refractivity contribution in [2.24, 2.45) is 0 Å². The molecule has 3 aromatic heterocycles. The van der Waals surface area contributed by atoms with E-state index in [-0.39, 0.29) is 11.3 Å². The quantitative estimate of drug-likeness (QED) is 0.392. The van der Waals surface area contributed by atoms with Gasteiger partial charge in [0.05, 0.1) is 18.2 Å². The number of carbonyl (C=O) groups is 1. The number of carbonyl (C=O) groups excluding carboxylic acids is 1. The molecule has 0 saturated heterocycles. The lowest BCUT2D eigenvalue weighted by atomic mass is 10.4. The van der Waals surface area contributed by atoms with Gasteiger partial charge in [0, 0.05) is 11.4 Å². The van der Waals surface area contributed by atoms with E-state index in [0.717, 1.165) is 9.71 Å². The Hall–Kier alpha value is -2.06. The molecule has 3 aromatic rings. The van der Waals surface area contributed by atoms with E-state index >= 15 is 0 Å². The van der Waals surface area contributed by atoms with Crippen LogP contribution >= 0.6 is 23.1 Å². The molecule has 0 aliphatic carbocycles. The van der Waals surface area contributed by atoms with Crippen LogP contribution in [0.15, 0.2) is 32.6 Å².